The molecule has 0 saturated heterocycles. The topological polar surface area (TPSA) is 55.7 Å². The van der Waals surface area contributed by atoms with Gasteiger partial charge in [-0.25, -0.2) is 15.0 Å². The van der Waals surface area contributed by atoms with Crippen molar-refractivity contribution in [3.05, 3.63) is 39.4 Å². The van der Waals surface area contributed by atoms with Gasteiger partial charge in [-0.1, -0.05) is 0 Å². The van der Waals surface area contributed by atoms with Crippen LogP contribution in [0.3, 0.4) is 0 Å². The Balaban J connectivity index is 1.88. The predicted molar refractivity (Wildman–Crippen MR) is 73.6 cm³/mol. The number of fused-ring (bicyclic) bond motifs is 1. The third-order valence-corrected chi connectivity index (χ3v) is 4.23. The van der Waals surface area contributed by atoms with Crippen LogP contribution in [0.15, 0.2) is 11.6 Å². The summed E-state index contributed by atoms with van der Waals surface area (Å²) < 4.78 is 0. The summed E-state index contributed by atoms with van der Waals surface area (Å²) >= 11 is 1.63. The van der Waals surface area contributed by atoms with Gasteiger partial charge in [0.15, 0.2) is 5.78 Å². The number of ketones is 1. The van der Waals surface area contributed by atoms with E-state index in [1.807, 2.05) is 12.3 Å². The zero-order chi connectivity index (χ0) is 13.2. The summed E-state index contributed by atoms with van der Waals surface area (Å²) in [4.78, 5) is 25.2. The third-order valence-electron chi connectivity index (χ3n) is 3.26. The van der Waals surface area contributed by atoms with Gasteiger partial charge >= 0.3 is 0 Å². The zero-order valence-corrected chi connectivity index (χ0v) is 11.7. The molecule has 0 aliphatic heterocycles. The molecule has 0 atom stereocenters. The summed E-state index contributed by atoms with van der Waals surface area (Å²) in [5, 5.41) is 3.06. The molecule has 2 heterocycles. The molecule has 0 radical (unpaired) electrons. The summed E-state index contributed by atoms with van der Waals surface area (Å²) in [6, 6.07) is 0. The highest BCUT2D eigenvalue weighted by atomic mass is 32.1. The molecule has 3 rings (SSSR count). The Morgan fingerprint density at radius 3 is 2.89 bits per heavy atom. The van der Waals surface area contributed by atoms with Crippen molar-refractivity contribution < 1.29 is 4.79 Å². The fourth-order valence-electron chi connectivity index (χ4n) is 2.30. The van der Waals surface area contributed by atoms with E-state index in [9.17, 15) is 4.79 Å². The van der Waals surface area contributed by atoms with E-state index in [4.69, 9.17) is 0 Å². The smallest absolute Gasteiger partial charge is 0.166 e. The minimum atomic E-state index is 0.184. The standard InChI is InChI=1S/C14H15N3OS/c1-9-8-19-14(16-9)6-13-15-7-10-11(17-13)4-2-3-5-12(10)18/h7-8H,2-6H2,1H3. The number of aromatic nitrogens is 3. The molecule has 0 amide bonds. The van der Waals surface area contributed by atoms with Crippen LogP contribution in [0.25, 0.3) is 0 Å². The van der Waals surface area contributed by atoms with Crippen LogP contribution in [0.4, 0.5) is 0 Å². The molecular formula is C14H15N3OS. The Hall–Kier alpha value is -1.62. The van der Waals surface area contributed by atoms with E-state index in [2.05, 4.69) is 15.0 Å². The first-order valence-corrected chi connectivity index (χ1v) is 7.39. The number of aryl methyl sites for hydroxylation is 2. The molecule has 5 heteroatoms. The van der Waals surface area contributed by atoms with Gasteiger partial charge < -0.3 is 0 Å². The second kappa shape index (κ2) is 5.17. The number of Topliss-reactive ketones (excluding diaryl/α,β-unsaturated/α-hetero) is 1. The average molecular weight is 273 g/mol. The second-order valence-corrected chi connectivity index (χ2v) is 5.78. The number of carbonyl (C=O) groups excluding carboxylic acids is 1. The number of nitrogens with zero attached hydrogens (tertiary/aromatic N) is 3. The van der Waals surface area contributed by atoms with Gasteiger partial charge in [-0.3, -0.25) is 4.79 Å². The number of hydrogen-bond donors (Lipinski definition) is 0. The van der Waals surface area contributed by atoms with E-state index >= 15 is 0 Å². The van der Waals surface area contributed by atoms with Gasteiger partial charge in [-0.05, 0) is 26.2 Å². The van der Waals surface area contributed by atoms with Crippen LogP contribution < -0.4 is 0 Å². The normalized spacial score (nSPS) is 15.1. The van der Waals surface area contributed by atoms with Crippen molar-refractivity contribution in [2.45, 2.75) is 39.0 Å². The van der Waals surface area contributed by atoms with Crippen LogP contribution >= 0.6 is 11.3 Å². The zero-order valence-electron chi connectivity index (χ0n) is 10.8. The van der Waals surface area contributed by atoms with E-state index in [-0.39, 0.29) is 5.78 Å². The molecule has 0 saturated carbocycles. The van der Waals surface area contributed by atoms with E-state index in [1.54, 1.807) is 17.5 Å². The molecule has 0 N–H and O–H groups in total. The molecule has 0 fully saturated rings. The van der Waals surface area contributed by atoms with Gasteiger partial charge in [0.1, 0.15) is 10.8 Å². The van der Waals surface area contributed by atoms with Crippen LogP contribution in [0, 0.1) is 6.92 Å². The van der Waals surface area contributed by atoms with Gasteiger partial charge in [0.25, 0.3) is 0 Å². The largest absolute Gasteiger partial charge is 0.294 e. The lowest BCUT2D eigenvalue weighted by molar-refractivity contribution is 0.0981. The maximum absolute atomic E-state index is 11.9. The first kappa shape index (κ1) is 12.4. The summed E-state index contributed by atoms with van der Waals surface area (Å²) in [5.74, 6) is 0.951. The average Bonchev–Trinajstić information content (AvgIpc) is 2.70. The van der Waals surface area contributed by atoms with Crippen LogP contribution in [0.1, 0.15) is 51.8 Å². The fourth-order valence-corrected chi connectivity index (χ4v) is 3.07. The molecule has 2 aromatic heterocycles. The van der Waals surface area contributed by atoms with Gasteiger partial charge in [-0.15, -0.1) is 11.3 Å². The Labute approximate surface area is 115 Å². The van der Waals surface area contributed by atoms with E-state index in [0.717, 1.165) is 47.0 Å². The van der Waals surface area contributed by atoms with Gasteiger partial charge in [-0.2, -0.15) is 0 Å². The third kappa shape index (κ3) is 2.71. The Morgan fingerprint density at radius 2 is 2.11 bits per heavy atom. The molecule has 98 valence electrons. The van der Waals surface area contributed by atoms with Gasteiger partial charge in [0.2, 0.25) is 0 Å². The summed E-state index contributed by atoms with van der Waals surface area (Å²) in [6.07, 6.45) is 5.85. The number of carbonyl (C=O) groups is 1. The van der Waals surface area contributed by atoms with Crippen molar-refractivity contribution in [3.8, 4) is 0 Å². The summed E-state index contributed by atoms with van der Waals surface area (Å²) in [6.45, 7) is 1.98. The van der Waals surface area contributed by atoms with Crippen LogP contribution in [0.2, 0.25) is 0 Å². The molecular weight excluding hydrogens is 258 g/mol. The SMILES string of the molecule is Cc1csc(Cc2ncc3c(n2)CCCCC3=O)n1. The molecule has 0 spiro atoms. The Kier molecular flexibility index (Phi) is 3.38. The van der Waals surface area contributed by atoms with Crippen molar-refractivity contribution in [3.63, 3.8) is 0 Å². The minimum Gasteiger partial charge on any atom is -0.294 e. The molecule has 4 nitrogen and oxygen atoms in total. The van der Waals surface area contributed by atoms with Gasteiger partial charge in [0, 0.05) is 23.7 Å². The molecule has 1 aliphatic carbocycles. The Morgan fingerprint density at radius 1 is 1.26 bits per heavy atom. The van der Waals surface area contributed by atoms with Crippen molar-refractivity contribution in [2.75, 3.05) is 0 Å². The Bertz CT molecular complexity index is 621. The molecule has 0 unspecified atom stereocenters. The minimum absolute atomic E-state index is 0.184. The maximum atomic E-state index is 11.9. The highest BCUT2D eigenvalue weighted by Crippen LogP contribution is 2.19. The number of thiazole rings is 1. The van der Waals surface area contributed by atoms with Crippen molar-refractivity contribution in [2.24, 2.45) is 0 Å². The van der Waals surface area contributed by atoms with Crippen LogP contribution in [-0.2, 0) is 12.8 Å². The summed E-state index contributed by atoms with van der Waals surface area (Å²) in [5.41, 5.74) is 2.67. The van der Waals surface area contributed by atoms with Gasteiger partial charge in [0.05, 0.1) is 17.7 Å². The predicted octanol–water partition coefficient (Wildman–Crippen LogP) is 2.74. The molecule has 2 aromatic rings. The van der Waals surface area contributed by atoms with Crippen LogP contribution in [0.5, 0.6) is 0 Å². The molecule has 19 heavy (non-hydrogen) atoms. The fraction of sp³-hybridized carbons (Fsp3) is 0.429. The molecule has 0 bridgehead atoms. The van der Waals surface area contributed by atoms with Crippen molar-refractivity contribution in [1.29, 1.82) is 0 Å². The van der Waals surface area contributed by atoms with Crippen molar-refractivity contribution >= 4 is 17.1 Å². The lowest BCUT2D eigenvalue weighted by Gasteiger charge is -2.05. The maximum Gasteiger partial charge on any atom is 0.166 e. The first-order valence-electron chi connectivity index (χ1n) is 6.51. The quantitative estimate of drug-likeness (QED) is 0.789. The lowest BCUT2D eigenvalue weighted by atomic mass is 10.1. The van der Waals surface area contributed by atoms with E-state index < -0.39 is 0 Å². The first-order chi connectivity index (χ1) is 9.22. The highest BCUT2D eigenvalue weighted by Gasteiger charge is 2.18. The molecule has 1 aliphatic rings. The van der Waals surface area contributed by atoms with E-state index in [1.165, 1.54) is 0 Å². The number of rotatable bonds is 2. The van der Waals surface area contributed by atoms with Crippen LogP contribution in [-0.4, -0.2) is 20.7 Å². The highest BCUT2D eigenvalue weighted by molar-refractivity contribution is 7.09. The summed E-state index contributed by atoms with van der Waals surface area (Å²) in [7, 11) is 0. The van der Waals surface area contributed by atoms with Crippen molar-refractivity contribution in [1.82, 2.24) is 15.0 Å². The number of hydrogen-bond acceptors (Lipinski definition) is 5. The molecule has 0 aromatic carbocycles. The second-order valence-electron chi connectivity index (χ2n) is 4.84. The lowest BCUT2D eigenvalue weighted by Crippen LogP contribution is -2.07. The van der Waals surface area contributed by atoms with E-state index in [0.29, 0.717) is 12.8 Å². The monoisotopic (exact) mass is 273 g/mol.